The molecule has 0 aromatic carbocycles. The smallest absolute Gasteiger partial charge is 0.209 e. The van der Waals surface area contributed by atoms with E-state index in [4.69, 9.17) is 23.2 Å². The van der Waals surface area contributed by atoms with Gasteiger partial charge in [0.1, 0.15) is 10.3 Å². The Hall–Kier alpha value is -1.63. The number of nitrogens with one attached hydrogen (secondary N) is 1. The summed E-state index contributed by atoms with van der Waals surface area (Å²) in [6.07, 6.45) is 3.45. The molecule has 0 saturated carbocycles. The quantitative estimate of drug-likeness (QED) is 0.578. The summed E-state index contributed by atoms with van der Waals surface area (Å²) in [6.45, 7) is 0. The predicted molar refractivity (Wildman–Crippen MR) is 83.4 cm³/mol. The van der Waals surface area contributed by atoms with Gasteiger partial charge in [-0.25, -0.2) is 9.97 Å². The van der Waals surface area contributed by atoms with Gasteiger partial charge in [-0.05, 0) is 29.8 Å². The summed E-state index contributed by atoms with van der Waals surface area (Å²) in [7, 11) is 0. The van der Waals surface area contributed by atoms with E-state index in [-0.39, 0.29) is 0 Å². The van der Waals surface area contributed by atoms with Crippen molar-refractivity contribution in [2.75, 3.05) is 0 Å². The molecule has 106 valence electrons. The van der Waals surface area contributed by atoms with E-state index >= 15 is 0 Å². The Balaban J connectivity index is 1.70. The van der Waals surface area contributed by atoms with E-state index in [1.807, 2.05) is 12.1 Å². The van der Waals surface area contributed by atoms with E-state index in [0.717, 1.165) is 11.1 Å². The average Bonchev–Trinajstić information content (AvgIpc) is 2.94. The standard InChI is InChI=1S/C13H9Cl2N5S/c14-10-4-8(5-11(15)17-10)7-21-13-18-12(19-20-13)9-2-1-3-16-6-9/h1-6H,7H2,(H,18,19,20). The monoisotopic (exact) mass is 337 g/mol. The summed E-state index contributed by atoms with van der Waals surface area (Å²) in [5.74, 6) is 1.35. The summed E-state index contributed by atoms with van der Waals surface area (Å²) in [5.41, 5.74) is 1.87. The molecule has 0 saturated heterocycles. The maximum atomic E-state index is 5.87. The zero-order valence-electron chi connectivity index (χ0n) is 10.6. The molecule has 0 unspecified atom stereocenters. The van der Waals surface area contributed by atoms with Gasteiger partial charge in [0.25, 0.3) is 0 Å². The molecule has 0 aliphatic heterocycles. The Kier molecular flexibility index (Phi) is 4.38. The van der Waals surface area contributed by atoms with Gasteiger partial charge in [0.05, 0.1) is 0 Å². The maximum Gasteiger partial charge on any atom is 0.209 e. The van der Waals surface area contributed by atoms with Crippen LogP contribution < -0.4 is 0 Å². The number of aromatic nitrogens is 5. The van der Waals surface area contributed by atoms with Gasteiger partial charge in [-0.1, -0.05) is 35.0 Å². The normalized spacial score (nSPS) is 10.8. The van der Waals surface area contributed by atoms with E-state index in [0.29, 0.717) is 27.0 Å². The highest BCUT2D eigenvalue weighted by molar-refractivity contribution is 7.98. The number of rotatable bonds is 4. The van der Waals surface area contributed by atoms with Gasteiger partial charge >= 0.3 is 0 Å². The zero-order chi connectivity index (χ0) is 14.7. The Morgan fingerprint density at radius 1 is 1.14 bits per heavy atom. The van der Waals surface area contributed by atoms with Gasteiger partial charge in [-0.3, -0.25) is 10.1 Å². The van der Waals surface area contributed by atoms with Crippen LogP contribution in [0.5, 0.6) is 0 Å². The summed E-state index contributed by atoms with van der Waals surface area (Å²) < 4.78 is 0. The fourth-order valence-electron chi connectivity index (χ4n) is 1.69. The van der Waals surface area contributed by atoms with Crippen LogP contribution >= 0.6 is 35.0 Å². The Morgan fingerprint density at radius 2 is 1.95 bits per heavy atom. The molecule has 0 bridgehead atoms. The second kappa shape index (κ2) is 6.43. The molecule has 0 atom stereocenters. The van der Waals surface area contributed by atoms with Gasteiger partial charge in [0.15, 0.2) is 5.82 Å². The predicted octanol–water partition coefficient (Wildman–Crippen LogP) is 3.86. The first-order chi connectivity index (χ1) is 10.2. The summed E-state index contributed by atoms with van der Waals surface area (Å²) in [6, 6.07) is 7.32. The molecule has 3 aromatic rings. The van der Waals surface area contributed by atoms with Gasteiger partial charge in [0.2, 0.25) is 5.16 Å². The molecule has 1 N–H and O–H groups in total. The molecule has 3 aromatic heterocycles. The number of nitrogens with zero attached hydrogens (tertiary/aromatic N) is 4. The van der Waals surface area contributed by atoms with Gasteiger partial charge in [0, 0.05) is 23.7 Å². The van der Waals surface area contributed by atoms with Gasteiger partial charge in [-0.15, -0.1) is 5.10 Å². The highest BCUT2D eigenvalue weighted by atomic mass is 35.5. The molecule has 0 radical (unpaired) electrons. The van der Waals surface area contributed by atoms with E-state index < -0.39 is 0 Å². The van der Waals surface area contributed by atoms with Crippen LogP contribution in [0.2, 0.25) is 10.3 Å². The summed E-state index contributed by atoms with van der Waals surface area (Å²) >= 11 is 13.2. The Labute approximate surface area is 135 Å². The van der Waals surface area contributed by atoms with Crippen molar-refractivity contribution in [2.45, 2.75) is 10.9 Å². The SMILES string of the molecule is Clc1cc(CSc2n[nH]c(-c3cccnc3)n2)cc(Cl)n1. The average molecular weight is 338 g/mol. The van der Waals surface area contributed by atoms with Crippen molar-refractivity contribution in [3.8, 4) is 11.4 Å². The number of thioether (sulfide) groups is 1. The van der Waals surface area contributed by atoms with Crippen molar-refractivity contribution in [1.29, 1.82) is 0 Å². The maximum absolute atomic E-state index is 5.87. The second-order valence-corrected chi connectivity index (χ2v) is 5.83. The molecule has 8 heteroatoms. The molecule has 3 heterocycles. The van der Waals surface area contributed by atoms with Crippen LogP contribution in [0.1, 0.15) is 5.56 Å². The van der Waals surface area contributed by atoms with Crippen molar-refractivity contribution in [1.82, 2.24) is 25.1 Å². The molecular weight excluding hydrogens is 329 g/mol. The van der Waals surface area contributed by atoms with Crippen LogP contribution in [0.15, 0.2) is 41.8 Å². The molecule has 0 aliphatic rings. The zero-order valence-corrected chi connectivity index (χ0v) is 13.0. The summed E-state index contributed by atoms with van der Waals surface area (Å²) in [4.78, 5) is 12.4. The van der Waals surface area contributed by atoms with Crippen molar-refractivity contribution in [3.05, 3.63) is 52.5 Å². The van der Waals surface area contributed by atoms with Crippen LogP contribution in [0.3, 0.4) is 0 Å². The minimum absolute atomic E-state index is 0.379. The Morgan fingerprint density at radius 3 is 2.67 bits per heavy atom. The van der Waals surface area contributed by atoms with Crippen molar-refractivity contribution in [3.63, 3.8) is 0 Å². The van der Waals surface area contributed by atoms with E-state index in [1.165, 1.54) is 11.8 Å². The van der Waals surface area contributed by atoms with E-state index in [9.17, 15) is 0 Å². The largest absolute Gasteiger partial charge is 0.264 e. The minimum atomic E-state index is 0.379. The molecule has 21 heavy (non-hydrogen) atoms. The molecule has 0 amide bonds. The summed E-state index contributed by atoms with van der Waals surface area (Å²) in [5, 5.41) is 8.47. The van der Waals surface area contributed by atoms with Gasteiger partial charge in [-0.2, -0.15) is 0 Å². The van der Waals surface area contributed by atoms with Crippen molar-refractivity contribution < 1.29 is 0 Å². The lowest BCUT2D eigenvalue weighted by molar-refractivity contribution is 0.973. The highest BCUT2D eigenvalue weighted by Crippen LogP contribution is 2.24. The molecule has 5 nitrogen and oxygen atoms in total. The third-order valence-corrected chi connectivity index (χ3v) is 3.90. The fraction of sp³-hybridized carbons (Fsp3) is 0.0769. The van der Waals surface area contributed by atoms with Crippen molar-refractivity contribution >= 4 is 35.0 Å². The first-order valence-electron chi connectivity index (χ1n) is 5.98. The minimum Gasteiger partial charge on any atom is -0.264 e. The highest BCUT2D eigenvalue weighted by Gasteiger charge is 2.07. The first kappa shape index (κ1) is 14.3. The molecule has 0 spiro atoms. The number of pyridine rings is 2. The van der Waals surface area contributed by atoms with Crippen LogP contribution in [0.25, 0.3) is 11.4 Å². The number of H-pyrrole nitrogens is 1. The van der Waals surface area contributed by atoms with Crippen LogP contribution in [-0.4, -0.2) is 25.1 Å². The topological polar surface area (TPSA) is 67.3 Å². The van der Waals surface area contributed by atoms with E-state index in [2.05, 4.69) is 25.1 Å². The van der Waals surface area contributed by atoms with Crippen molar-refractivity contribution in [2.24, 2.45) is 0 Å². The molecule has 0 aliphatic carbocycles. The molecule has 3 rings (SSSR count). The third kappa shape index (κ3) is 3.72. The van der Waals surface area contributed by atoms with Crippen LogP contribution in [0.4, 0.5) is 0 Å². The number of aromatic amines is 1. The first-order valence-corrected chi connectivity index (χ1v) is 7.72. The molecule has 0 fully saturated rings. The lowest BCUT2D eigenvalue weighted by Crippen LogP contribution is -1.85. The number of hydrogen-bond donors (Lipinski definition) is 1. The lowest BCUT2D eigenvalue weighted by Gasteiger charge is -2.00. The third-order valence-electron chi connectivity index (χ3n) is 2.59. The van der Waals surface area contributed by atoms with Gasteiger partial charge < -0.3 is 0 Å². The second-order valence-electron chi connectivity index (χ2n) is 4.12. The van der Waals surface area contributed by atoms with E-state index in [1.54, 1.807) is 24.5 Å². The fourth-order valence-corrected chi connectivity index (χ4v) is 2.92. The number of halogens is 2. The Bertz CT molecular complexity index is 727. The lowest BCUT2D eigenvalue weighted by atomic mass is 10.3. The molecular formula is C13H9Cl2N5S. The van der Waals surface area contributed by atoms with Crippen LogP contribution in [-0.2, 0) is 5.75 Å². The van der Waals surface area contributed by atoms with Crippen LogP contribution in [0, 0.1) is 0 Å². The number of hydrogen-bond acceptors (Lipinski definition) is 5.